The molecule has 1 unspecified atom stereocenters. The summed E-state index contributed by atoms with van der Waals surface area (Å²) in [4.78, 5) is 27.0. The van der Waals surface area contributed by atoms with E-state index in [0.29, 0.717) is 25.2 Å². The number of hydrogen-bond acceptors (Lipinski definition) is 4. The van der Waals surface area contributed by atoms with Crippen LogP contribution in [0.1, 0.15) is 12.0 Å². The van der Waals surface area contributed by atoms with Gasteiger partial charge in [-0.15, -0.1) is 0 Å². The minimum atomic E-state index is -0.441. The maximum absolute atomic E-state index is 12.7. The number of rotatable bonds is 5. The van der Waals surface area contributed by atoms with Crippen molar-refractivity contribution in [3.63, 3.8) is 0 Å². The highest BCUT2D eigenvalue weighted by atomic mass is 35.5. The van der Waals surface area contributed by atoms with E-state index in [0.717, 1.165) is 11.3 Å². The fourth-order valence-corrected chi connectivity index (χ4v) is 3.50. The summed E-state index contributed by atoms with van der Waals surface area (Å²) in [7, 11) is 0. The smallest absolute Gasteiger partial charge is 0.287 e. The number of para-hydroxylation sites is 1. The summed E-state index contributed by atoms with van der Waals surface area (Å²) in [6.07, 6.45) is 2.13. The van der Waals surface area contributed by atoms with E-state index in [9.17, 15) is 9.59 Å². The molecule has 3 aromatic rings. The normalized spacial score (nSPS) is 16.4. The number of halogens is 1. The van der Waals surface area contributed by atoms with Crippen molar-refractivity contribution in [3.05, 3.63) is 87.8 Å². The zero-order valence-corrected chi connectivity index (χ0v) is 15.8. The lowest BCUT2D eigenvalue weighted by Gasteiger charge is -2.18. The van der Waals surface area contributed by atoms with Crippen molar-refractivity contribution in [2.75, 3.05) is 16.8 Å². The predicted octanol–water partition coefficient (Wildman–Crippen LogP) is 3.16. The first kappa shape index (κ1) is 18.3. The van der Waals surface area contributed by atoms with Crippen molar-refractivity contribution in [3.8, 4) is 0 Å². The molecule has 0 aliphatic carbocycles. The van der Waals surface area contributed by atoms with Gasteiger partial charge in [-0.3, -0.25) is 9.59 Å². The number of hydrogen-bond donors (Lipinski definition) is 1. The molecule has 0 saturated carbocycles. The Morgan fingerprint density at radius 1 is 1.04 bits per heavy atom. The molecule has 1 atom stereocenters. The van der Waals surface area contributed by atoms with E-state index in [2.05, 4.69) is 10.4 Å². The summed E-state index contributed by atoms with van der Waals surface area (Å²) in [5, 5.41) is 7.34. The fourth-order valence-electron chi connectivity index (χ4n) is 3.30. The van der Waals surface area contributed by atoms with E-state index in [4.69, 9.17) is 11.6 Å². The maximum atomic E-state index is 12.7. The quantitative estimate of drug-likeness (QED) is 0.721. The number of anilines is 2. The van der Waals surface area contributed by atoms with Gasteiger partial charge in [0.25, 0.3) is 5.56 Å². The topological polar surface area (TPSA) is 67.2 Å². The van der Waals surface area contributed by atoms with E-state index >= 15 is 0 Å². The highest BCUT2D eigenvalue weighted by Crippen LogP contribution is 2.25. The van der Waals surface area contributed by atoms with Gasteiger partial charge in [0.15, 0.2) is 0 Å². The first-order valence-corrected chi connectivity index (χ1v) is 9.44. The average Bonchev–Trinajstić information content (AvgIpc) is 3.09. The predicted molar refractivity (Wildman–Crippen MR) is 110 cm³/mol. The Morgan fingerprint density at radius 2 is 1.71 bits per heavy atom. The summed E-state index contributed by atoms with van der Waals surface area (Å²) in [5.74, 6) is -0.0456. The summed E-state index contributed by atoms with van der Waals surface area (Å²) in [5.41, 5.74) is 1.81. The number of benzene rings is 2. The number of aromatic nitrogens is 2. The van der Waals surface area contributed by atoms with Crippen LogP contribution in [0.4, 0.5) is 11.4 Å². The second-order valence-corrected chi connectivity index (χ2v) is 7.01. The van der Waals surface area contributed by atoms with Crippen LogP contribution in [0, 0.1) is 0 Å². The zero-order chi connectivity index (χ0) is 19.5. The number of carbonyl (C=O) groups is 1. The molecule has 0 bridgehead atoms. The van der Waals surface area contributed by atoms with Gasteiger partial charge in [-0.05, 0) is 24.1 Å². The van der Waals surface area contributed by atoms with Gasteiger partial charge in [-0.25, -0.2) is 4.68 Å². The molecule has 7 heteroatoms. The lowest BCUT2D eigenvalue weighted by Crippen LogP contribution is -2.34. The molecule has 1 fully saturated rings. The number of amides is 1. The van der Waals surface area contributed by atoms with Crippen molar-refractivity contribution in [1.82, 2.24) is 9.78 Å². The largest absolute Gasteiger partial charge is 0.371 e. The molecule has 0 radical (unpaired) electrons. The Bertz CT molecular complexity index is 1040. The summed E-state index contributed by atoms with van der Waals surface area (Å²) >= 11 is 6.28. The molecule has 1 aromatic heterocycles. The summed E-state index contributed by atoms with van der Waals surface area (Å²) in [6, 6.07) is 18.6. The standard InChI is InChI=1S/C21H19ClN4O2/c22-19-18(13-23-26(21(19)28)14-15-7-3-1-4-8-15)24-17-11-12-25(20(17)27)16-9-5-2-6-10-16/h1-10,13,17,24H,11-12,14H2. The van der Waals surface area contributed by atoms with Crippen LogP contribution >= 0.6 is 11.6 Å². The molecule has 4 rings (SSSR count). The minimum Gasteiger partial charge on any atom is -0.371 e. The van der Waals surface area contributed by atoms with Gasteiger partial charge in [0.2, 0.25) is 5.91 Å². The van der Waals surface area contributed by atoms with E-state index in [1.807, 2.05) is 60.7 Å². The molecule has 1 N–H and O–H groups in total. The van der Waals surface area contributed by atoms with E-state index < -0.39 is 6.04 Å². The molecular formula is C21H19ClN4O2. The van der Waals surface area contributed by atoms with Crippen molar-refractivity contribution >= 4 is 28.9 Å². The lowest BCUT2D eigenvalue weighted by atomic mass is 10.2. The van der Waals surface area contributed by atoms with Crippen LogP contribution in [0.15, 0.2) is 71.7 Å². The fraction of sp³-hybridized carbons (Fsp3) is 0.190. The Kier molecular flexibility index (Phi) is 5.12. The molecule has 1 aliphatic rings. The van der Waals surface area contributed by atoms with Gasteiger partial charge >= 0.3 is 0 Å². The Morgan fingerprint density at radius 3 is 2.43 bits per heavy atom. The second kappa shape index (κ2) is 7.86. The lowest BCUT2D eigenvalue weighted by molar-refractivity contribution is -0.117. The van der Waals surface area contributed by atoms with Gasteiger partial charge < -0.3 is 10.2 Å². The van der Waals surface area contributed by atoms with Crippen LogP contribution in [-0.4, -0.2) is 28.3 Å². The van der Waals surface area contributed by atoms with Gasteiger partial charge in [0.1, 0.15) is 11.1 Å². The maximum Gasteiger partial charge on any atom is 0.287 e. The molecule has 2 heterocycles. The molecule has 1 amide bonds. The van der Waals surface area contributed by atoms with Crippen LogP contribution in [0.5, 0.6) is 0 Å². The molecule has 1 aliphatic heterocycles. The molecule has 6 nitrogen and oxygen atoms in total. The van der Waals surface area contributed by atoms with Crippen LogP contribution in [0.25, 0.3) is 0 Å². The molecule has 0 spiro atoms. The Labute approximate surface area is 167 Å². The SMILES string of the molecule is O=C1C(Nc2cnn(Cc3ccccc3)c(=O)c2Cl)CCN1c1ccccc1. The number of nitrogens with one attached hydrogen (secondary N) is 1. The van der Waals surface area contributed by atoms with Crippen molar-refractivity contribution in [2.45, 2.75) is 19.0 Å². The number of carbonyl (C=O) groups excluding carboxylic acids is 1. The van der Waals surface area contributed by atoms with E-state index in [1.54, 1.807) is 4.90 Å². The van der Waals surface area contributed by atoms with Crippen LogP contribution in [0.2, 0.25) is 5.02 Å². The Hall–Kier alpha value is -3.12. The van der Waals surface area contributed by atoms with Gasteiger partial charge in [0.05, 0.1) is 18.4 Å². The van der Waals surface area contributed by atoms with Crippen molar-refractivity contribution in [2.24, 2.45) is 0 Å². The highest BCUT2D eigenvalue weighted by Gasteiger charge is 2.33. The highest BCUT2D eigenvalue weighted by molar-refractivity contribution is 6.33. The van der Waals surface area contributed by atoms with Crippen LogP contribution < -0.4 is 15.8 Å². The molecular weight excluding hydrogens is 376 g/mol. The number of nitrogens with zero attached hydrogens (tertiary/aromatic N) is 3. The first-order valence-electron chi connectivity index (χ1n) is 9.06. The minimum absolute atomic E-state index is 0.0388. The van der Waals surface area contributed by atoms with E-state index in [1.165, 1.54) is 10.9 Å². The summed E-state index contributed by atoms with van der Waals surface area (Å²) < 4.78 is 1.32. The molecule has 28 heavy (non-hydrogen) atoms. The zero-order valence-electron chi connectivity index (χ0n) is 15.1. The van der Waals surface area contributed by atoms with Crippen molar-refractivity contribution < 1.29 is 4.79 Å². The van der Waals surface area contributed by atoms with Gasteiger partial charge in [0, 0.05) is 12.2 Å². The van der Waals surface area contributed by atoms with Crippen LogP contribution in [0.3, 0.4) is 0 Å². The second-order valence-electron chi connectivity index (χ2n) is 6.63. The monoisotopic (exact) mass is 394 g/mol. The third kappa shape index (κ3) is 3.64. The average molecular weight is 395 g/mol. The Balaban J connectivity index is 1.50. The van der Waals surface area contributed by atoms with E-state index in [-0.39, 0.29) is 16.5 Å². The first-order chi connectivity index (χ1) is 13.6. The third-order valence-electron chi connectivity index (χ3n) is 4.76. The molecule has 1 saturated heterocycles. The molecule has 2 aromatic carbocycles. The summed E-state index contributed by atoms with van der Waals surface area (Å²) in [6.45, 7) is 0.945. The van der Waals surface area contributed by atoms with Crippen LogP contribution in [-0.2, 0) is 11.3 Å². The third-order valence-corrected chi connectivity index (χ3v) is 5.13. The van der Waals surface area contributed by atoms with Gasteiger partial charge in [-0.1, -0.05) is 60.1 Å². The molecule has 142 valence electrons. The van der Waals surface area contributed by atoms with Gasteiger partial charge in [-0.2, -0.15) is 5.10 Å². The van der Waals surface area contributed by atoms with Crippen molar-refractivity contribution in [1.29, 1.82) is 0 Å².